The summed E-state index contributed by atoms with van der Waals surface area (Å²) in [5.41, 5.74) is 1.77. The van der Waals surface area contributed by atoms with Gasteiger partial charge >= 0.3 is 5.69 Å². The van der Waals surface area contributed by atoms with Crippen LogP contribution in [0.5, 0.6) is 11.5 Å². The fourth-order valence-corrected chi connectivity index (χ4v) is 3.06. The van der Waals surface area contributed by atoms with Gasteiger partial charge in [0.1, 0.15) is 11.8 Å². The topological polar surface area (TPSA) is 111 Å². The lowest BCUT2D eigenvalue weighted by Crippen LogP contribution is -2.50. The fourth-order valence-electron chi connectivity index (χ4n) is 3.06. The zero-order valence-electron chi connectivity index (χ0n) is 19.7. The second-order valence-corrected chi connectivity index (χ2v) is 7.88. The third kappa shape index (κ3) is 7.20. The van der Waals surface area contributed by atoms with Crippen LogP contribution in [0, 0.1) is 17.0 Å². The van der Waals surface area contributed by atoms with Gasteiger partial charge in [0.05, 0.1) is 12.0 Å². The number of hydrogen-bond donors (Lipinski definition) is 1. The highest BCUT2D eigenvalue weighted by Crippen LogP contribution is 2.30. The first-order valence-corrected chi connectivity index (χ1v) is 10.8. The van der Waals surface area contributed by atoms with Crippen LogP contribution >= 0.6 is 0 Å². The second-order valence-electron chi connectivity index (χ2n) is 7.88. The summed E-state index contributed by atoms with van der Waals surface area (Å²) in [4.78, 5) is 37.8. The second kappa shape index (κ2) is 11.8. The number of benzene rings is 2. The average Bonchev–Trinajstić information content (AvgIpc) is 2.81. The predicted octanol–water partition coefficient (Wildman–Crippen LogP) is 3.62. The number of carbonyl (C=O) groups excluding carboxylic acids is 2. The molecule has 0 saturated heterocycles. The van der Waals surface area contributed by atoms with Crippen molar-refractivity contribution in [3.05, 3.63) is 63.7 Å². The summed E-state index contributed by atoms with van der Waals surface area (Å²) >= 11 is 0. The monoisotopic (exact) mass is 457 g/mol. The van der Waals surface area contributed by atoms with Crippen molar-refractivity contribution in [3.8, 4) is 11.5 Å². The Hall–Kier alpha value is -3.62. The molecule has 1 N–H and O–H groups in total. The van der Waals surface area contributed by atoms with Crippen LogP contribution in [0.25, 0.3) is 0 Å². The van der Waals surface area contributed by atoms with E-state index in [1.807, 2.05) is 45.0 Å². The molecule has 0 saturated carbocycles. The minimum atomic E-state index is -0.720. The van der Waals surface area contributed by atoms with Crippen molar-refractivity contribution in [1.82, 2.24) is 10.2 Å². The van der Waals surface area contributed by atoms with E-state index < -0.39 is 11.0 Å². The molecule has 9 heteroatoms. The van der Waals surface area contributed by atoms with Crippen LogP contribution in [-0.2, 0) is 16.1 Å². The maximum absolute atomic E-state index is 13.1. The molecule has 0 spiro atoms. The lowest BCUT2D eigenvalue weighted by Gasteiger charge is -2.29. The van der Waals surface area contributed by atoms with Gasteiger partial charge in [0.2, 0.25) is 11.7 Å². The Bertz CT molecular complexity index is 977. The summed E-state index contributed by atoms with van der Waals surface area (Å²) in [6, 6.07) is 11.0. The first kappa shape index (κ1) is 25.6. The maximum atomic E-state index is 13.1. The SMILES string of the molecule is CC[C@H](C)NC(=O)[C@H](C)N(Cc1ccc(C)cc1)C(=O)COc1ccc([N+](=O)[O-])c(OC)c1. The van der Waals surface area contributed by atoms with E-state index in [0.717, 1.165) is 17.5 Å². The molecule has 2 aromatic carbocycles. The number of hydrogen-bond acceptors (Lipinski definition) is 6. The van der Waals surface area contributed by atoms with Gasteiger partial charge in [-0.25, -0.2) is 0 Å². The molecule has 2 amide bonds. The number of nitro benzene ring substituents is 1. The fraction of sp³-hybridized carbons (Fsp3) is 0.417. The maximum Gasteiger partial charge on any atom is 0.311 e. The molecule has 0 fully saturated rings. The Labute approximate surface area is 193 Å². The Morgan fingerprint density at radius 1 is 1.15 bits per heavy atom. The summed E-state index contributed by atoms with van der Waals surface area (Å²) in [7, 11) is 1.32. The molecular weight excluding hydrogens is 426 g/mol. The summed E-state index contributed by atoms with van der Waals surface area (Å²) in [6.45, 7) is 7.42. The number of aryl methyl sites for hydroxylation is 1. The summed E-state index contributed by atoms with van der Waals surface area (Å²) in [6.07, 6.45) is 0.773. The van der Waals surface area contributed by atoms with Crippen molar-refractivity contribution in [2.75, 3.05) is 13.7 Å². The lowest BCUT2D eigenvalue weighted by molar-refractivity contribution is -0.385. The Morgan fingerprint density at radius 3 is 2.39 bits per heavy atom. The van der Waals surface area contributed by atoms with Crippen LogP contribution < -0.4 is 14.8 Å². The minimum absolute atomic E-state index is 0.0138. The number of nitrogens with one attached hydrogen (secondary N) is 1. The van der Waals surface area contributed by atoms with Crippen molar-refractivity contribution in [3.63, 3.8) is 0 Å². The molecule has 2 rings (SSSR count). The highest BCUT2D eigenvalue weighted by Gasteiger charge is 2.27. The van der Waals surface area contributed by atoms with Gasteiger partial charge in [-0.05, 0) is 38.8 Å². The van der Waals surface area contributed by atoms with E-state index in [1.165, 1.54) is 30.2 Å². The quantitative estimate of drug-likeness (QED) is 0.408. The minimum Gasteiger partial charge on any atom is -0.490 e. The lowest BCUT2D eigenvalue weighted by atomic mass is 10.1. The first-order valence-electron chi connectivity index (χ1n) is 10.8. The molecule has 0 aromatic heterocycles. The summed E-state index contributed by atoms with van der Waals surface area (Å²) in [5, 5.41) is 14.0. The van der Waals surface area contributed by atoms with Gasteiger partial charge in [-0.2, -0.15) is 0 Å². The molecule has 0 radical (unpaired) electrons. The Kier molecular flexibility index (Phi) is 9.20. The molecule has 178 valence electrons. The van der Waals surface area contributed by atoms with E-state index in [1.54, 1.807) is 6.92 Å². The standard InChI is InChI=1S/C24H31N3O6/c1-6-17(3)25-24(29)18(4)26(14-19-9-7-16(2)8-10-19)23(28)15-33-20-11-12-21(27(30)31)22(13-20)32-5/h7-13,17-18H,6,14-15H2,1-5H3,(H,25,29)/t17-,18-/m0/s1. The van der Waals surface area contributed by atoms with Crippen LogP contribution in [0.3, 0.4) is 0 Å². The van der Waals surface area contributed by atoms with E-state index in [2.05, 4.69) is 5.32 Å². The highest BCUT2D eigenvalue weighted by molar-refractivity contribution is 5.88. The molecule has 9 nitrogen and oxygen atoms in total. The zero-order valence-corrected chi connectivity index (χ0v) is 19.7. The van der Waals surface area contributed by atoms with Crippen molar-refractivity contribution < 1.29 is 24.0 Å². The van der Waals surface area contributed by atoms with Crippen molar-refractivity contribution in [2.24, 2.45) is 0 Å². The number of amides is 2. The Morgan fingerprint density at radius 2 is 1.82 bits per heavy atom. The van der Waals surface area contributed by atoms with Gasteiger partial charge in [0.15, 0.2) is 6.61 Å². The summed E-state index contributed by atoms with van der Waals surface area (Å²) < 4.78 is 10.6. The average molecular weight is 458 g/mol. The van der Waals surface area contributed by atoms with Crippen molar-refractivity contribution in [2.45, 2.75) is 52.7 Å². The third-order valence-corrected chi connectivity index (χ3v) is 5.35. The molecule has 0 bridgehead atoms. The van der Waals surface area contributed by atoms with Crippen molar-refractivity contribution in [1.29, 1.82) is 0 Å². The largest absolute Gasteiger partial charge is 0.490 e. The zero-order chi connectivity index (χ0) is 24.5. The van der Waals surface area contributed by atoms with Crippen LogP contribution in [-0.4, -0.2) is 47.4 Å². The van der Waals surface area contributed by atoms with Crippen LogP contribution in [0.1, 0.15) is 38.3 Å². The third-order valence-electron chi connectivity index (χ3n) is 5.35. The molecular formula is C24H31N3O6. The number of rotatable bonds is 11. The molecule has 0 aliphatic carbocycles. The van der Waals surface area contributed by atoms with E-state index in [9.17, 15) is 19.7 Å². The van der Waals surface area contributed by atoms with Crippen molar-refractivity contribution >= 4 is 17.5 Å². The van der Waals surface area contributed by atoms with E-state index >= 15 is 0 Å². The molecule has 0 aliphatic rings. The van der Waals surface area contributed by atoms with Gasteiger partial charge < -0.3 is 19.7 Å². The number of carbonyl (C=O) groups is 2. The number of ether oxygens (including phenoxy) is 2. The van der Waals surface area contributed by atoms with Gasteiger partial charge in [0, 0.05) is 24.7 Å². The smallest absolute Gasteiger partial charge is 0.311 e. The molecule has 2 atom stereocenters. The van der Waals surface area contributed by atoms with E-state index in [4.69, 9.17) is 9.47 Å². The molecule has 0 unspecified atom stereocenters. The van der Waals surface area contributed by atoms with Crippen LogP contribution in [0.2, 0.25) is 0 Å². The molecule has 0 heterocycles. The summed E-state index contributed by atoms with van der Waals surface area (Å²) in [5.74, 6) is -0.359. The van der Waals surface area contributed by atoms with Gasteiger partial charge in [0.25, 0.3) is 5.91 Å². The van der Waals surface area contributed by atoms with Gasteiger partial charge in [-0.1, -0.05) is 36.8 Å². The highest BCUT2D eigenvalue weighted by atomic mass is 16.6. The van der Waals surface area contributed by atoms with Gasteiger partial charge in [-0.15, -0.1) is 0 Å². The number of nitrogens with zero attached hydrogens (tertiary/aromatic N) is 2. The Balaban J connectivity index is 2.19. The van der Waals surface area contributed by atoms with E-state index in [-0.39, 0.29) is 48.2 Å². The predicted molar refractivity (Wildman–Crippen MR) is 124 cm³/mol. The van der Waals surface area contributed by atoms with Gasteiger partial charge in [-0.3, -0.25) is 19.7 Å². The number of methoxy groups -OCH3 is 1. The molecule has 0 aliphatic heterocycles. The number of nitro groups is 1. The normalized spacial score (nSPS) is 12.4. The molecule has 2 aromatic rings. The van der Waals surface area contributed by atoms with Crippen LogP contribution in [0.15, 0.2) is 42.5 Å². The first-order chi connectivity index (χ1) is 15.7. The molecule has 33 heavy (non-hydrogen) atoms. The van der Waals surface area contributed by atoms with E-state index in [0.29, 0.717) is 0 Å². The van der Waals surface area contributed by atoms with Crippen LogP contribution in [0.4, 0.5) is 5.69 Å².